The highest BCUT2D eigenvalue weighted by Gasteiger charge is 2.29. The largest absolute Gasteiger partial charge is 0.497 e. The Morgan fingerprint density at radius 3 is 2.52 bits per heavy atom. The third kappa shape index (κ3) is 4.81. The Balaban J connectivity index is 1.74. The molecule has 130 valence electrons. The summed E-state index contributed by atoms with van der Waals surface area (Å²) in [6.45, 7) is 3.84. The lowest BCUT2D eigenvalue weighted by atomic mass is 10.0. The summed E-state index contributed by atoms with van der Waals surface area (Å²) in [7, 11) is 1.66. The van der Waals surface area contributed by atoms with Crippen LogP contribution in [0.2, 0.25) is 0 Å². The monoisotopic (exact) mass is 336 g/mol. The number of methoxy groups -OCH3 is 1. The van der Waals surface area contributed by atoms with Gasteiger partial charge in [-0.25, -0.2) is 0 Å². The van der Waals surface area contributed by atoms with E-state index in [2.05, 4.69) is 30.9 Å². The van der Waals surface area contributed by atoms with Crippen LogP contribution >= 0.6 is 0 Å². The highest BCUT2D eigenvalue weighted by Crippen LogP contribution is 2.32. The van der Waals surface area contributed by atoms with Gasteiger partial charge >= 0.3 is 0 Å². The molecule has 1 fully saturated rings. The molecular formula is C22H24O3. The van der Waals surface area contributed by atoms with Crippen molar-refractivity contribution >= 4 is 6.08 Å². The maximum absolute atomic E-state index is 6.16. The van der Waals surface area contributed by atoms with Crippen LogP contribution in [0.25, 0.3) is 6.08 Å². The summed E-state index contributed by atoms with van der Waals surface area (Å²) in [5, 5.41) is 0. The Hall–Kier alpha value is -2.36. The number of benzene rings is 2. The molecule has 3 rings (SSSR count). The highest BCUT2D eigenvalue weighted by atomic mass is 16.7. The molecular weight excluding hydrogens is 312 g/mol. The first-order valence-electron chi connectivity index (χ1n) is 8.57. The fourth-order valence-electron chi connectivity index (χ4n) is 2.90. The fraction of sp³-hybridized carbons (Fsp3) is 0.273. The van der Waals surface area contributed by atoms with E-state index in [0.29, 0.717) is 0 Å². The lowest BCUT2D eigenvalue weighted by molar-refractivity contribution is -0.235. The smallest absolute Gasteiger partial charge is 0.184 e. The van der Waals surface area contributed by atoms with Crippen molar-refractivity contribution in [3.63, 3.8) is 0 Å². The number of ether oxygens (including phenoxy) is 3. The molecule has 3 heteroatoms. The summed E-state index contributed by atoms with van der Waals surface area (Å²) < 4.78 is 17.5. The lowest BCUT2D eigenvalue weighted by Gasteiger charge is -2.34. The van der Waals surface area contributed by atoms with Gasteiger partial charge in [0.1, 0.15) is 5.75 Å². The molecule has 25 heavy (non-hydrogen) atoms. The van der Waals surface area contributed by atoms with Gasteiger partial charge in [-0.05, 0) is 24.1 Å². The Morgan fingerprint density at radius 1 is 1.08 bits per heavy atom. The minimum atomic E-state index is -0.380. The fourth-order valence-corrected chi connectivity index (χ4v) is 2.90. The minimum Gasteiger partial charge on any atom is -0.497 e. The first-order chi connectivity index (χ1) is 12.3. The van der Waals surface area contributed by atoms with Crippen molar-refractivity contribution in [3.05, 3.63) is 84.5 Å². The number of hydrogen-bond donors (Lipinski definition) is 0. The first-order valence-corrected chi connectivity index (χ1v) is 8.57. The van der Waals surface area contributed by atoms with E-state index < -0.39 is 0 Å². The van der Waals surface area contributed by atoms with Gasteiger partial charge in [-0.3, -0.25) is 0 Å². The maximum Gasteiger partial charge on any atom is 0.184 e. The first kappa shape index (κ1) is 17.5. The number of rotatable bonds is 6. The third-order valence-corrected chi connectivity index (χ3v) is 4.23. The molecule has 2 aromatic rings. The van der Waals surface area contributed by atoms with E-state index in [4.69, 9.17) is 14.2 Å². The van der Waals surface area contributed by atoms with Gasteiger partial charge in [-0.15, -0.1) is 6.58 Å². The number of hydrogen-bond acceptors (Lipinski definition) is 3. The zero-order valence-corrected chi connectivity index (χ0v) is 14.5. The summed E-state index contributed by atoms with van der Waals surface area (Å²) in [5.41, 5.74) is 2.16. The van der Waals surface area contributed by atoms with Gasteiger partial charge in [0.2, 0.25) is 0 Å². The molecule has 0 unspecified atom stereocenters. The molecule has 0 amide bonds. The van der Waals surface area contributed by atoms with Gasteiger partial charge in [0, 0.05) is 12.0 Å². The van der Waals surface area contributed by atoms with Crippen molar-refractivity contribution in [2.24, 2.45) is 0 Å². The molecule has 1 saturated heterocycles. The van der Waals surface area contributed by atoms with Crippen molar-refractivity contribution in [2.45, 2.75) is 31.3 Å². The topological polar surface area (TPSA) is 27.7 Å². The summed E-state index contributed by atoms with van der Waals surface area (Å²) in [6, 6.07) is 18.1. The van der Waals surface area contributed by atoms with Crippen molar-refractivity contribution in [1.82, 2.24) is 0 Å². The molecule has 0 N–H and O–H groups in total. The van der Waals surface area contributed by atoms with Crippen LogP contribution in [-0.4, -0.2) is 19.3 Å². The van der Waals surface area contributed by atoms with Gasteiger partial charge in [-0.2, -0.15) is 0 Å². The highest BCUT2D eigenvalue weighted by molar-refractivity contribution is 5.49. The average Bonchev–Trinajstić information content (AvgIpc) is 2.67. The van der Waals surface area contributed by atoms with E-state index >= 15 is 0 Å². The summed E-state index contributed by atoms with van der Waals surface area (Å²) >= 11 is 0. The molecule has 0 aliphatic carbocycles. The normalized spacial score (nSPS) is 23.5. The van der Waals surface area contributed by atoms with Gasteiger partial charge in [0.15, 0.2) is 6.29 Å². The predicted octanol–water partition coefficient (Wildman–Crippen LogP) is 5.16. The van der Waals surface area contributed by atoms with Crippen molar-refractivity contribution in [2.75, 3.05) is 7.11 Å². The molecule has 0 saturated carbocycles. The van der Waals surface area contributed by atoms with Crippen LogP contribution < -0.4 is 4.74 Å². The van der Waals surface area contributed by atoms with E-state index in [9.17, 15) is 0 Å². The molecule has 1 aliphatic rings. The molecule has 0 radical (unpaired) electrons. The second kappa shape index (κ2) is 8.65. The average molecular weight is 336 g/mol. The van der Waals surface area contributed by atoms with Gasteiger partial charge in [0.05, 0.1) is 19.3 Å². The standard InChI is InChI=1S/C22H24O3/c1-3-7-20-16-21(13-10-17-8-5-4-6-9-17)25-22(24-20)18-11-14-19(23-2)15-12-18/h3-6,8-15,20-22H,1,7,16H2,2H3/b13-10+/t20-,21+,22-/m1/s1. The van der Waals surface area contributed by atoms with Crippen LogP contribution in [0.15, 0.2) is 73.3 Å². The summed E-state index contributed by atoms with van der Waals surface area (Å²) in [6.07, 6.45) is 7.48. The van der Waals surface area contributed by atoms with E-state index in [-0.39, 0.29) is 18.5 Å². The van der Waals surface area contributed by atoms with Crippen molar-refractivity contribution < 1.29 is 14.2 Å². The van der Waals surface area contributed by atoms with E-state index in [0.717, 1.165) is 24.2 Å². The molecule has 3 atom stereocenters. The van der Waals surface area contributed by atoms with Crippen LogP contribution in [0, 0.1) is 0 Å². The van der Waals surface area contributed by atoms with E-state index in [1.807, 2.05) is 48.5 Å². The molecule has 0 spiro atoms. The Morgan fingerprint density at radius 2 is 1.84 bits per heavy atom. The quantitative estimate of drug-likeness (QED) is 0.682. The summed E-state index contributed by atoms with van der Waals surface area (Å²) in [5.74, 6) is 0.822. The van der Waals surface area contributed by atoms with E-state index in [1.165, 1.54) is 5.56 Å². The molecule has 1 heterocycles. The third-order valence-electron chi connectivity index (χ3n) is 4.23. The second-order valence-corrected chi connectivity index (χ2v) is 6.07. The Kier molecular flexibility index (Phi) is 6.04. The Bertz CT molecular complexity index is 691. The summed E-state index contributed by atoms with van der Waals surface area (Å²) in [4.78, 5) is 0. The molecule has 0 aromatic heterocycles. The van der Waals surface area contributed by atoms with Crippen LogP contribution in [-0.2, 0) is 9.47 Å². The van der Waals surface area contributed by atoms with Crippen LogP contribution in [0.1, 0.15) is 30.3 Å². The lowest BCUT2D eigenvalue weighted by Crippen LogP contribution is -2.32. The molecule has 2 aromatic carbocycles. The zero-order valence-electron chi connectivity index (χ0n) is 14.5. The van der Waals surface area contributed by atoms with Crippen LogP contribution in [0.4, 0.5) is 0 Å². The van der Waals surface area contributed by atoms with Crippen LogP contribution in [0.5, 0.6) is 5.75 Å². The van der Waals surface area contributed by atoms with E-state index in [1.54, 1.807) is 7.11 Å². The molecule has 3 nitrogen and oxygen atoms in total. The SMILES string of the molecule is C=CC[C@@H]1C[C@H](/C=C/c2ccccc2)O[C@H](c2ccc(OC)cc2)O1. The molecule has 1 aliphatic heterocycles. The maximum atomic E-state index is 6.16. The van der Waals surface area contributed by atoms with Crippen molar-refractivity contribution in [1.29, 1.82) is 0 Å². The predicted molar refractivity (Wildman–Crippen MR) is 100 cm³/mol. The van der Waals surface area contributed by atoms with Crippen LogP contribution in [0.3, 0.4) is 0 Å². The zero-order chi connectivity index (χ0) is 17.5. The second-order valence-electron chi connectivity index (χ2n) is 6.07. The van der Waals surface area contributed by atoms with Gasteiger partial charge < -0.3 is 14.2 Å². The minimum absolute atomic E-state index is 0.00556. The van der Waals surface area contributed by atoms with Crippen molar-refractivity contribution in [3.8, 4) is 5.75 Å². The van der Waals surface area contributed by atoms with Gasteiger partial charge in [-0.1, -0.05) is 60.7 Å². The van der Waals surface area contributed by atoms with Gasteiger partial charge in [0.25, 0.3) is 0 Å². The Labute approximate surface area is 149 Å². The molecule has 0 bridgehead atoms.